The molecule has 0 aliphatic heterocycles. The molecule has 7 heteroatoms. The predicted octanol–water partition coefficient (Wildman–Crippen LogP) is 6.11. The van der Waals surface area contributed by atoms with Crippen LogP contribution in [0.15, 0.2) is 77.4 Å². The summed E-state index contributed by atoms with van der Waals surface area (Å²) < 4.78 is 0.958. The molecule has 1 heterocycles. The molecule has 3 rings (SSSR count). The zero-order valence-corrected chi connectivity index (χ0v) is 21.0. The summed E-state index contributed by atoms with van der Waals surface area (Å²) in [4.78, 5) is 19.2. The topological polar surface area (TPSA) is 81.0 Å². The van der Waals surface area contributed by atoms with Crippen LogP contribution in [0.5, 0.6) is 0 Å². The van der Waals surface area contributed by atoms with Gasteiger partial charge in [0, 0.05) is 41.9 Å². The monoisotopic (exact) mass is 529 g/mol. The van der Waals surface area contributed by atoms with Gasteiger partial charge in [0.2, 0.25) is 0 Å². The number of nitrogens with one attached hydrogen (secondary N) is 2. The van der Waals surface area contributed by atoms with E-state index in [1.165, 1.54) is 0 Å². The number of rotatable bonds is 11. The Hall–Kier alpha value is -3.81. The van der Waals surface area contributed by atoms with Gasteiger partial charge in [0.05, 0.1) is 5.56 Å². The van der Waals surface area contributed by atoms with Crippen LogP contribution in [0.4, 0.5) is 16.3 Å². The fourth-order valence-electron chi connectivity index (χ4n) is 3.63. The number of nitrogens with zero attached hydrogens (tertiary/aromatic N) is 3. The van der Waals surface area contributed by atoms with E-state index in [-0.39, 0.29) is 12.1 Å². The first-order valence-electron chi connectivity index (χ1n) is 11.5. The molecule has 2 amide bonds. The van der Waals surface area contributed by atoms with E-state index in [1.54, 1.807) is 23.2 Å². The quantitative estimate of drug-likeness (QED) is 0.294. The normalized spacial score (nSPS) is 11.1. The van der Waals surface area contributed by atoms with E-state index in [2.05, 4.69) is 43.5 Å². The van der Waals surface area contributed by atoms with Crippen molar-refractivity contribution in [3.63, 3.8) is 0 Å². The molecule has 0 aliphatic carbocycles. The van der Waals surface area contributed by atoms with Crippen molar-refractivity contribution < 1.29 is 4.79 Å². The van der Waals surface area contributed by atoms with Gasteiger partial charge in [-0.1, -0.05) is 46.3 Å². The highest BCUT2D eigenvalue weighted by molar-refractivity contribution is 9.10. The zero-order chi connectivity index (χ0) is 24.9. The largest absolute Gasteiger partial charge is 0.367 e. The highest BCUT2D eigenvalue weighted by atomic mass is 79.9. The molecule has 3 aromatic rings. The molecule has 2 aromatic carbocycles. The first-order valence-corrected chi connectivity index (χ1v) is 12.3. The molecule has 0 radical (unpaired) electrons. The summed E-state index contributed by atoms with van der Waals surface area (Å²) in [6.07, 6.45) is 10.1. The fraction of sp³-hybridized carbons (Fsp3) is 0.250. The third-order valence-electron chi connectivity index (χ3n) is 5.49. The number of carbonyl (C=O) groups excluding carboxylic acids is 1. The fourth-order valence-corrected chi connectivity index (χ4v) is 3.90. The van der Waals surface area contributed by atoms with Gasteiger partial charge in [0.15, 0.2) is 0 Å². The van der Waals surface area contributed by atoms with Gasteiger partial charge in [-0.15, -0.1) is 12.3 Å². The number of hydrogen-bond donors (Lipinski definition) is 2. The van der Waals surface area contributed by atoms with Gasteiger partial charge in [-0.3, -0.25) is 4.90 Å². The van der Waals surface area contributed by atoms with E-state index in [0.29, 0.717) is 30.9 Å². The molecule has 0 bridgehead atoms. The van der Waals surface area contributed by atoms with Crippen molar-refractivity contribution in [1.29, 1.82) is 5.26 Å². The molecule has 0 aliphatic rings. The predicted molar refractivity (Wildman–Crippen MR) is 144 cm³/mol. The smallest absolute Gasteiger partial charge is 0.322 e. The van der Waals surface area contributed by atoms with Crippen molar-refractivity contribution in [3.05, 3.63) is 88.5 Å². The summed E-state index contributed by atoms with van der Waals surface area (Å²) in [7, 11) is 0. The van der Waals surface area contributed by atoms with Crippen LogP contribution in [-0.4, -0.2) is 23.6 Å². The second kappa shape index (κ2) is 13.8. The van der Waals surface area contributed by atoms with Crippen molar-refractivity contribution in [1.82, 2.24) is 10.3 Å². The number of urea groups is 1. The van der Waals surface area contributed by atoms with Gasteiger partial charge in [0.25, 0.3) is 0 Å². The lowest BCUT2D eigenvalue weighted by atomic mass is 10.1. The van der Waals surface area contributed by atoms with E-state index in [9.17, 15) is 4.79 Å². The van der Waals surface area contributed by atoms with Crippen molar-refractivity contribution in [2.24, 2.45) is 0 Å². The van der Waals surface area contributed by atoms with Crippen molar-refractivity contribution in [2.45, 2.75) is 38.3 Å². The van der Waals surface area contributed by atoms with Crippen LogP contribution in [0.1, 0.15) is 36.8 Å². The molecule has 6 nitrogen and oxygen atoms in total. The molecule has 0 fully saturated rings. The number of benzene rings is 2. The van der Waals surface area contributed by atoms with Crippen LogP contribution in [-0.2, 0) is 6.54 Å². The second-order valence-electron chi connectivity index (χ2n) is 8.04. The number of terminal acetylenes is 1. The van der Waals surface area contributed by atoms with Crippen LogP contribution in [0.25, 0.3) is 0 Å². The van der Waals surface area contributed by atoms with E-state index in [0.717, 1.165) is 35.0 Å². The second-order valence-corrected chi connectivity index (χ2v) is 8.96. The summed E-state index contributed by atoms with van der Waals surface area (Å²) in [6.45, 7) is 1.01. The number of hydrogen-bond acceptors (Lipinski definition) is 4. The molecule has 0 saturated carbocycles. The van der Waals surface area contributed by atoms with Gasteiger partial charge in [-0.05, 0) is 61.2 Å². The molecule has 1 aromatic heterocycles. The Kier molecular flexibility index (Phi) is 10.2. The van der Waals surface area contributed by atoms with Gasteiger partial charge in [-0.25, -0.2) is 9.78 Å². The van der Waals surface area contributed by atoms with Gasteiger partial charge in [0.1, 0.15) is 11.9 Å². The van der Waals surface area contributed by atoms with Crippen molar-refractivity contribution >= 4 is 33.5 Å². The summed E-state index contributed by atoms with van der Waals surface area (Å²) in [6, 6.07) is 23.1. The Balaban J connectivity index is 1.64. The highest BCUT2D eigenvalue weighted by Gasteiger charge is 2.17. The maximum absolute atomic E-state index is 13.1. The Labute approximate surface area is 215 Å². The summed E-state index contributed by atoms with van der Waals surface area (Å²) >= 11 is 3.46. The minimum absolute atomic E-state index is 0.102. The number of aromatic nitrogens is 1. The Bertz CT molecular complexity index is 1150. The minimum Gasteiger partial charge on any atom is -0.367 e. The average Bonchev–Trinajstić information content (AvgIpc) is 2.90. The molecule has 0 spiro atoms. The zero-order valence-electron chi connectivity index (χ0n) is 19.5. The number of pyridine rings is 1. The number of nitriles is 1. The lowest BCUT2D eigenvalue weighted by Gasteiger charge is -2.25. The molecule has 178 valence electrons. The van der Waals surface area contributed by atoms with Crippen LogP contribution in [0.3, 0.4) is 0 Å². The maximum Gasteiger partial charge on any atom is 0.322 e. The average molecular weight is 530 g/mol. The third-order valence-corrected chi connectivity index (χ3v) is 6.01. The van der Waals surface area contributed by atoms with Crippen LogP contribution in [0, 0.1) is 23.7 Å². The van der Waals surface area contributed by atoms with Gasteiger partial charge >= 0.3 is 6.03 Å². The molecular formula is C28H28BrN5O. The SMILES string of the molecule is C#CCC[C@H](CCCN(C(=O)NCc1ccccc1)c1ccc(Br)cc1)Nc1ccc(C#N)cn1. The summed E-state index contributed by atoms with van der Waals surface area (Å²) in [5, 5.41) is 15.4. The van der Waals surface area contributed by atoms with E-state index in [1.807, 2.05) is 54.6 Å². The number of carbonyl (C=O) groups is 1. The molecule has 0 saturated heterocycles. The minimum atomic E-state index is -0.141. The van der Waals surface area contributed by atoms with Crippen LogP contribution in [0.2, 0.25) is 0 Å². The Morgan fingerprint density at radius 2 is 1.86 bits per heavy atom. The Morgan fingerprint density at radius 1 is 1.09 bits per heavy atom. The molecule has 1 atom stereocenters. The number of amides is 2. The van der Waals surface area contributed by atoms with Crippen LogP contribution >= 0.6 is 15.9 Å². The maximum atomic E-state index is 13.1. The summed E-state index contributed by atoms with van der Waals surface area (Å²) in [5.41, 5.74) is 2.40. The lowest BCUT2D eigenvalue weighted by Crippen LogP contribution is -2.40. The van der Waals surface area contributed by atoms with E-state index < -0.39 is 0 Å². The Morgan fingerprint density at radius 3 is 2.51 bits per heavy atom. The van der Waals surface area contributed by atoms with Gasteiger partial charge < -0.3 is 10.6 Å². The lowest BCUT2D eigenvalue weighted by molar-refractivity contribution is 0.245. The van der Waals surface area contributed by atoms with E-state index >= 15 is 0 Å². The first kappa shape index (κ1) is 25.8. The molecule has 0 unspecified atom stereocenters. The van der Waals surface area contributed by atoms with Gasteiger partial charge in [-0.2, -0.15) is 5.26 Å². The molecule has 35 heavy (non-hydrogen) atoms. The number of halogens is 1. The third kappa shape index (κ3) is 8.48. The van der Waals surface area contributed by atoms with Crippen molar-refractivity contribution in [3.8, 4) is 18.4 Å². The molecule has 2 N–H and O–H groups in total. The van der Waals surface area contributed by atoms with E-state index in [4.69, 9.17) is 11.7 Å². The summed E-state index contributed by atoms with van der Waals surface area (Å²) in [5.74, 6) is 3.41. The molecular weight excluding hydrogens is 502 g/mol. The van der Waals surface area contributed by atoms with Crippen molar-refractivity contribution in [2.75, 3.05) is 16.8 Å². The van der Waals surface area contributed by atoms with Crippen LogP contribution < -0.4 is 15.5 Å². The number of anilines is 2. The highest BCUT2D eigenvalue weighted by Crippen LogP contribution is 2.20. The first-order chi connectivity index (χ1) is 17.1. The standard InChI is InChI=1S/C28H28BrN5O/c1-2-3-10-25(33-27-17-12-23(19-30)21-31-27)11-7-18-34(26-15-13-24(29)14-16-26)28(35)32-20-22-8-5-4-6-9-22/h1,4-6,8-9,12-17,21,25H,3,7,10-11,18,20H2,(H,31,33)(H,32,35)/t25-/m1/s1.